The first-order valence-corrected chi connectivity index (χ1v) is 16.8. The van der Waals surface area contributed by atoms with Crippen LogP contribution in [0.5, 0.6) is 0 Å². The van der Waals surface area contributed by atoms with E-state index in [4.69, 9.17) is 0 Å². The summed E-state index contributed by atoms with van der Waals surface area (Å²) in [6, 6.07) is 35.1. The lowest BCUT2D eigenvalue weighted by Gasteiger charge is -2.15. The second-order valence-electron chi connectivity index (χ2n) is 12.2. The first-order chi connectivity index (χ1) is 23.3. The van der Waals surface area contributed by atoms with Crippen LogP contribution in [0.4, 0.5) is 0 Å². The minimum absolute atomic E-state index is 0.162. The van der Waals surface area contributed by atoms with Gasteiger partial charge >= 0.3 is 5.97 Å². The van der Waals surface area contributed by atoms with Crippen LogP contribution in [0.15, 0.2) is 109 Å². The molecule has 0 spiro atoms. The molecule has 0 aliphatic rings. The van der Waals surface area contributed by atoms with Crippen LogP contribution in [0, 0.1) is 12.8 Å². The number of carbonyl (C=O) groups is 3. The summed E-state index contributed by atoms with van der Waals surface area (Å²) < 4.78 is 0. The number of amides is 2. The van der Waals surface area contributed by atoms with Crippen LogP contribution >= 0.6 is 0 Å². The van der Waals surface area contributed by atoms with Crippen LogP contribution in [0.25, 0.3) is 22.0 Å². The molecule has 7 heteroatoms. The number of carboxylic acid groups (broad SMARTS) is 1. The van der Waals surface area contributed by atoms with Crippen LogP contribution in [-0.2, 0) is 33.6 Å². The van der Waals surface area contributed by atoms with Gasteiger partial charge in [-0.25, -0.2) is 0 Å². The maximum absolute atomic E-state index is 12.6. The summed E-state index contributed by atoms with van der Waals surface area (Å²) in [5.41, 5.74) is 8.48. The van der Waals surface area contributed by atoms with E-state index in [2.05, 4.69) is 96.2 Å². The zero-order valence-corrected chi connectivity index (χ0v) is 28.0. The number of carbonyl (C=O) groups excluding carboxylic acids is 2. The Bertz CT molecular complexity index is 1730. The molecule has 4 aromatic carbocycles. The molecule has 1 atom stereocenters. The van der Waals surface area contributed by atoms with Gasteiger partial charge in [0.15, 0.2) is 0 Å². The number of aromatic amines is 1. The van der Waals surface area contributed by atoms with E-state index in [1.165, 1.54) is 27.6 Å². The molecule has 2 amide bonds. The average Bonchev–Trinajstić information content (AvgIpc) is 3.48. The molecule has 0 radical (unpaired) electrons. The van der Waals surface area contributed by atoms with Crippen molar-refractivity contribution in [3.05, 3.63) is 132 Å². The number of para-hydroxylation sites is 1. The summed E-state index contributed by atoms with van der Waals surface area (Å²) in [6.45, 7) is 4.60. The second kappa shape index (κ2) is 18.8. The van der Waals surface area contributed by atoms with E-state index < -0.39 is 17.8 Å². The molecule has 0 aliphatic carbocycles. The monoisotopic (exact) mass is 645 g/mol. The van der Waals surface area contributed by atoms with Crippen molar-refractivity contribution in [2.24, 2.45) is 5.92 Å². The van der Waals surface area contributed by atoms with Gasteiger partial charge in [0.05, 0.1) is 13.0 Å². The molecule has 250 valence electrons. The van der Waals surface area contributed by atoms with Crippen LogP contribution in [0.3, 0.4) is 0 Å². The highest BCUT2D eigenvalue weighted by Gasteiger charge is 2.22. The number of hydrogen-bond donors (Lipinski definition) is 4. The summed E-state index contributed by atoms with van der Waals surface area (Å²) in [7, 11) is 0. The third kappa shape index (κ3) is 11.6. The minimum atomic E-state index is -1.02. The van der Waals surface area contributed by atoms with E-state index in [9.17, 15) is 19.5 Å². The van der Waals surface area contributed by atoms with Crippen molar-refractivity contribution in [2.45, 2.75) is 58.8 Å². The normalized spacial score (nSPS) is 11.3. The minimum Gasteiger partial charge on any atom is -0.481 e. The Labute approximate surface area is 283 Å². The Morgan fingerprint density at radius 1 is 0.729 bits per heavy atom. The fourth-order valence-electron chi connectivity index (χ4n) is 5.69. The molecule has 4 N–H and O–H groups in total. The van der Waals surface area contributed by atoms with Crippen LogP contribution in [0.1, 0.15) is 54.9 Å². The third-order valence-corrected chi connectivity index (χ3v) is 8.39. The zero-order chi connectivity index (χ0) is 34.1. The smallest absolute Gasteiger partial charge is 0.304 e. The number of fused-ring (bicyclic) bond motifs is 1. The maximum atomic E-state index is 12.6. The number of hydrogen-bond acceptors (Lipinski definition) is 3. The lowest BCUT2D eigenvalue weighted by molar-refractivity contribution is -0.141. The first-order valence-electron chi connectivity index (χ1n) is 16.8. The SMILES string of the molecule is CCCc1ccc(-c2ccc(CCCC(CC(=O)O)C(=O)NCC(=O)NCCc3ccccc3)cc2)cc1.Cc1c[nH]c2ccccc12. The van der Waals surface area contributed by atoms with E-state index in [-0.39, 0.29) is 18.9 Å². The Balaban J connectivity index is 0.000000438. The highest BCUT2D eigenvalue weighted by atomic mass is 16.4. The lowest BCUT2D eigenvalue weighted by atomic mass is 9.95. The predicted octanol–water partition coefficient (Wildman–Crippen LogP) is 7.67. The van der Waals surface area contributed by atoms with Gasteiger partial charge in [0.25, 0.3) is 0 Å². The summed E-state index contributed by atoms with van der Waals surface area (Å²) in [5, 5.41) is 16.0. The van der Waals surface area contributed by atoms with Crippen LogP contribution in [-0.4, -0.2) is 41.0 Å². The van der Waals surface area contributed by atoms with E-state index in [1.807, 2.05) is 42.6 Å². The fourth-order valence-corrected chi connectivity index (χ4v) is 5.69. The van der Waals surface area contributed by atoms with Crippen LogP contribution < -0.4 is 10.6 Å². The van der Waals surface area contributed by atoms with Gasteiger partial charge in [-0.15, -0.1) is 0 Å². The van der Waals surface area contributed by atoms with E-state index in [0.717, 1.165) is 36.0 Å². The standard InChI is InChI=1S/C32H38N2O4.C9H9N/c1-2-7-24-12-16-27(17-13-24)28-18-14-26(15-19-28)10-6-11-29(22-31(36)37)32(38)34-23-30(35)33-21-20-25-8-4-3-5-9-25;1-7-6-10-9-5-3-2-4-8(7)9/h3-5,8-9,12-19,29H,2,6-7,10-11,20-23H2,1H3,(H,33,35)(H,34,38)(H,36,37);2-6,10H,1H3. The van der Waals surface area contributed by atoms with Gasteiger partial charge < -0.3 is 20.7 Å². The van der Waals surface area contributed by atoms with Crippen molar-refractivity contribution in [1.29, 1.82) is 0 Å². The number of aromatic nitrogens is 1. The first kappa shape index (κ1) is 35.7. The molecule has 1 aromatic heterocycles. The molecule has 0 saturated carbocycles. The van der Waals surface area contributed by atoms with Gasteiger partial charge in [-0.3, -0.25) is 14.4 Å². The molecule has 48 heavy (non-hydrogen) atoms. The van der Waals surface area contributed by atoms with Crippen molar-refractivity contribution in [3.63, 3.8) is 0 Å². The van der Waals surface area contributed by atoms with E-state index in [1.54, 1.807) is 0 Å². The molecular formula is C41H47N3O4. The Morgan fingerprint density at radius 3 is 1.96 bits per heavy atom. The number of aryl methyl sites for hydroxylation is 3. The van der Waals surface area contributed by atoms with E-state index in [0.29, 0.717) is 25.8 Å². The van der Waals surface area contributed by atoms with Gasteiger partial charge in [-0.1, -0.05) is 110 Å². The number of rotatable bonds is 15. The fraction of sp³-hybridized carbons (Fsp3) is 0.293. The molecular weight excluding hydrogens is 598 g/mol. The molecule has 1 heterocycles. The molecule has 5 aromatic rings. The molecule has 1 unspecified atom stereocenters. The van der Waals surface area contributed by atoms with Gasteiger partial charge in [-0.2, -0.15) is 0 Å². The number of aliphatic carboxylic acids is 1. The number of benzene rings is 4. The predicted molar refractivity (Wildman–Crippen MR) is 194 cm³/mol. The highest BCUT2D eigenvalue weighted by molar-refractivity contribution is 5.87. The van der Waals surface area contributed by atoms with Crippen molar-refractivity contribution >= 4 is 28.7 Å². The molecule has 0 bridgehead atoms. The van der Waals surface area contributed by atoms with Crippen molar-refractivity contribution in [2.75, 3.05) is 13.1 Å². The quantitative estimate of drug-likeness (QED) is 0.0936. The largest absolute Gasteiger partial charge is 0.481 e. The topological polar surface area (TPSA) is 111 Å². The Morgan fingerprint density at radius 2 is 1.33 bits per heavy atom. The number of carboxylic acids is 1. The number of H-pyrrole nitrogens is 1. The molecule has 0 fully saturated rings. The lowest BCUT2D eigenvalue weighted by Crippen LogP contribution is -2.40. The zero-order valence-electron chi connectivity index (χ0n) is 28.0. The van der Waals surface area contributed by atoms with Gasteiger partial charge in [0, 0.05) is 29.6 Å². The van der Waals surface area contributed by atoms with E-state index >= 15 is 0 Å². The summed E-state index contributed by atoms with van der Waals surface area (Å²) >= 11 is 0. The number of nitrogens with one attached hydrogen (secondary N) is 3. The van der Waals surface area contributed by atoms with Crippen LogP contribution in [0.2, 0.25) is 0 Å². The van der Waals surface area contributed by atoms with Gasteiger partial charge in [0.1, 0.15) is 0 Å². The average molecular weight is 646 g/mol. The molecule has 7 nitrogen and oxygen atoms in total. The Hall–Kier alpha value is -5.17. The van der Waals surface area contributed by atoms with Crippen molar-refractivity contribution in [3.8, 4) is 11.1 Å². The molecule has 0 saturated heterocycles. The molecule has 0 aliphatic heterocycles. The molecule has 5 rings (SSSR count). The summed E-state index contributed by atoms with van der Waals surface area (Å²) in [5.74, 6) is -2.38. The summed E-state index contributed by atoms with van der Waals surface area (Å²) in [4.78, 5) is 39.3. The highest BCUT2D eigenvalue weighted by Crippen LogP contribution is 2.22. The maximum Gasteiger partial charge on any atom is 0.304 e. The van der Waals surface area contributed by atoms with Gasteiger partial charge in [0.2, 0.25) is 11.8 Å². The Kier molecular flexibility index (Phi) is 14.0. The van der Waals surface area contributed by atoms with Gasteiger partial charge in [-0.05, 0) is 78.5 Å². The van der Waals surface area contributed by atoms with Crippen molar-refractivity contribution in [1.82, 2.24) is 15.6 Å². The second-order valence-corrected chi connectivity index (χ2v) is 12.2. The van der Waals surface area contributed by atoms with Crippen molar-refractivity contribution < 1.29 is 19.5 Å². The third-order valence-electron chi connectivity index (χ3n) is 8.39. The summed E-state index contributed by atoms with van der Waals surface area (Å²) in [6.07, 6.45) is 6.57.